The molecule has 3 aliphatic rings. The van der Waals surface area contributed by atoms with E-state index < -0.39 is 0 Å². The number of anilines is 1. The lowest BCUT2D eigenvalue weighted by molar-refractivity contribution is -0.132. The van der Waals surface area contributed by atoms with Crippen LogP contribution in [0.25, 0.3) is 5.57 Å². The third kappa shape index (κ3) is 3.16. The highest BCUT2D eigenvalue weighted by molar-refractivity contribution is 5.95. The number of hydrogen-bond acceptors (Lipinski definition) is 3. The lowest BCUT2D eigenvalue weighted by atomic mass is 9.95. The molecule has 5 rings (SSSR count). The number of fused-ring (bicyclic) bond motifs is 3. The molecule has 1 aromatic carbocycles. The van der Waals surface area contributed by atoms with Gasteiger partial charge in [-0.2, -0.15) is 0 Å². The molecule has 3 amide bonds. The summed E-state index contributed by atoms with van der Waals surface area (Å²) in [5, 5.41) is 2.73. The first-order chi connectivity index (χ1) is 14.0. The molecule has 1 fully saturated rings. The Kier molecular flexibility index (Phi) is 4.12. The molecular weight excluding hydrogens is 371 g/mol. The van der Waals surface area contributed by atoms with E-state index in [9.17, 15) is 14.0 Å². The summed E-state index contributed by atoms with van der Waals surface area (Å²) < 4.78 is 13.5. The first kappa shape index (κ1) is 17.8. The van der Waals surface area contributed by atoms with Crippen molar-refractivity contribution in [1.29, 1.82) is 0 Å². The van der Waals surface area contributed by atoms with Crippen LogP contribution in [0.2, 0.25) is 0 Å². The van der Waals surface area contributed by atoms with Crippen molar-refractivity contribution in [2.45, 2.75) is 25.9 Å². The standard InChI is InChI=1S/C22H21FN4O2/c1-13-6-14(4-5-24-13)19-9-18-8-15(19)11-27(18)21(28)12-26-10-16-7-17(23)2-3-20(16)25-22(26)29/h2-7,9,15,18H,8,10-12H2,1H3,(H,25,29)/t15-,18-/m1/s1. The van der Waals surface area contributed by atoms with E-state index in [4.69, 9.17) is 0 Å². The van der Waals surface area contributed by atoms with Crippen molar-refractivity contribution in [3.8, 4) is 0 Å². The maximum atomic E-state index is 13.5. The summed E-state index contributed by atoms with van der Waals surface area (Å²) >= 11 is 0. The van der Waals surface area contributed by atoms with Gasteiger partial charge >= 0.3 is 6.03 Å². The van der Waals surface area contributed by atoms with E-state index in [1.807, 2.05) is 24.1 Å². The van der Waals surface area contributed by atoms with Crippen LogP contribution < -0.4 is 5.32 Å². The smallest absolute Gasteiger partial charge is 0.322 e. The van der Waals surface area contributed by atoms with Gasteiger partial charge in [0, 0.05) is 30.0 Å². The zero-order chi connectivity index (χ0) is 20.1. The second kappa shape index (κ2) is 6.69. The number of aryl methyl sites for hydroxylation is 1. The molecule has 1 aromatic heterocycles. The zero-order valence-corrected chi connectivity index (χ0v) is 16.1. The Morgan fingerprint density at radius 2 is 2.17 bits per heavy atom. The average Bonchev–Trinajstić information content (AvgIpc) is 3.30. The van der Waals surface area contributed by atoms with Gasteiger partial charge in [-0.3, -0.25) is 9.78 Å². The van der Waals surface area contributed by atoms with Crippen LogP contribution in [0, 0.1) is 18.7 Å². The van der Waals surface area contributed by atoms with Crippen molar-refractivity contribution in [3.05, 3.63) is 65.2 Å². The Morgan fingerprint density at radius 3 is 2.93 bits per heavy atom. The Balaban J connectivity index is 1.29. The number of nitrogens with zero attached hydrogens (tertiary/aromatic N) is 3. The fraction of sp³-hybridized carbons (Fsp3) is 0.318. The Bertz CT molecular complexity index is 1050. The van der Waals surface area contributed by atoms with Gasteiger partial charge in [0.05, 0.1) is 12.6 Å². The Hall–Kier alpha value is -3.22. The lowest BCUT2D eigenvalue weighted by Crippen LogP contribution is -2.47. The van der Waals surface area contributed by atoms with Crippen LogP contribution in [0.3, 0.4) is 0 Å². The van der Waals surface area contributed by atoms with Gasteiger partial charge < -0.3 is 15.1 Å². The van der Waals surface area contributed by atoms with Gasteiger partial charge in [-0.15, -0.1) is 0 Å². The number of carbonyl (C=O) groups is 2. The number of halogens is 1. The molecule has 1 aliphatic carbocycles. The number of nitrogens with one attached hydrogen (secondary N) is 1. The largest absolute Gasteiger partial charge is 0.334 e. The third-order valence-corrected chi connectivity index (χ3v) is 5.99. The summed E-state index contributed by atoms with van der Waals surface area (Å²) in [7, 11) is 0. The van der Waals surface area contributed by atoms with E-state index in [0.29, 0.717) is 23.7 Å². The van der Waals surface area contributed by atoms with Gasteiger partial charge in [-0.1, -0.05) is 6.08 Å². The maximum Gasteiger partial charge on any atom is 0.322 e. The normalized spacial score (nSPS) is 22.4. The topological polar surface area (TPSA) is 65.5 Å². The maximum absolute atomic E-state index is 13.5. The van der Waals surface area contributed by atoms with Gasteiger partial charge in [0.2, 0.25) is 5.91 Å². The van der Waals surface area contributed by atoms with Crippen molar-refractivity contribution >= 4 is 23.2 Å². The minimum atomic E-state index is -0.355. The van der Waals surface area contributed by atoms with E-state index >= 15 is 0 Å². The Morgan fingerprint density at radius 1 is 1.31 bits per heavy atom. The van der Waals surface area contributed by atoms with E-state index in [1.165, 1.54) is 28.2 Å². The molecule has 0 saturated carbocycles. The van der Waals surface area contributed by atoms with Crippen LogP contribution in [0.5, 0.6) is 0 Å². The number of carbonyl (C=O) groups excluding carboxylic acids is 2. The molecule has 2 aliphatic heterocycles. The number of hydrogen-bond donors (Lipinski definition) is 1. The van der Waals surface area contributed by atoms with Gasteiger partial charge in [-0.05, 0) is 60.4 Å². The fourth-order valence-corrected chi connectivity index (χ4v) is 4.61. The molecular formula is C22H21FN4O2. The first-order valence-electron chi connectivity index (χ1n) is 9.76. The van der Waals surface area contributed by atoms with Crippen LogP contribution in [0.15, 0.2) is 42.6 Å². The summed E-state index contributed by atoms with van der Waals surface area (Å²) in [6.45, 7) is 2.85. The summed E-state index contributed by atoms with van der Waals surface area (Å²) in [4.78, 5) is 32.8. The molecule has 1 N–H and O–H groups in total. The van der Waals surface area contributed by atoms with Crippen LogP contribution in [-0.4, -0.2) is 45.9 Å². The van der Waals surface area contributed by atoms with Crippen molar-refractivity contribution < 1.29 is 14.0 Å². The van der Waals surface area contributed by atoms with Crippen molar-refractivity contribution in [2.75, 3.05) is 18.4 Å². The molecule has 0 spiro atoms. The van der Waals surface area contributed by atoms with E-state index in [1.54, 1.807) is 6.07 Å². The van der Waals surface area contributed by atoms with Crippen LogP contribution in [0.4, 0.5) is 14.9 Å². The first-order valence-corrected chi connectivity index (χ1v) is 9.76. The molecule has 0 radical (unpaired) electrons. The highest BCUT2D eigenvalue weighted by Gasteiger charge is 2.42. The number of rotatable bonds is 3. The molecule has 1 saturated heterocycles. The monoisotopic (exact) mass is 392 g/mol. The summed E-state index contributed by atoms with van der Waals surface area (Å²) in [6, 6.07) is 8.09. The quantitative estimate of drug-likeness (QED) is 0.873. The molecule has 29 heavy (non-hydrogen) atoms. The van der Waals surface area contributed by atoms with Gasteiger partial charge in [-0.25, -0.2) is 9.18 Å². The third-order valence-electron chi connectivity index (χ3n) is 5.99. The van der Waals surface area contributed by atoms with Crippen LogP contribution >= 0.6 is 0 Å². The second-order valence-electron chi connectivity index (χ2n) is 7.94. The highest BCUT2D eigenvalue weighted by atomic mass is 19.1. The summed E-state index contributed by atoms with van der Waals surface area (Å²) in [5.41, 5.74) is 4.71. The zero-order valence-electron chi connectivity index (χ0n) is 16.1. The van der Waals surface area contributed by atoms with Crippen molar-refractivity contribution in [3.63, 3.8) is 0 Å². The molecule has 0 unspecified atom stereocenters. The molecule has 2 atom stereocenters. The molecule has 148 valence electrons. The van der Waals surface area contributed by atoms with E-state index in [2.05, 4.69) is 22.4 Å². The van der Waals surface area contributed by atoms with Crippen LogP contribution in [0.1, 0.15) is 23.2 Å². The summed E-state index contributed by atoms with van der Waals surface area (Å²) in [5.74, 6) is -0.114. The number of amides is 3. The lowest BCUT2D eigenvalue weighted by Gasteiger charge is -2.32. The fourth-order valence-electron chi connectivity index (χ4n) is 4.61. The number of likely N-dealkylation sites (tertiary alicyclic amines) is 1. The number of benzene rings is 1. The average molecular weight is 392 g/mol. The molecule has 7 heteroatoms. The summed E-state index contributed by atoms with van der Waals surface area (Å²) in [6.07, 6.45) is 4.90. The number of pyridine rings is 1. The number of urea groups is 1. The minimum absolute atomic E-state index is 0.0114. The van der Waals surface area contributed by atoms with Crippen LogP contribution in [-0.2, 0) is 11.3 Å². The number of aromatic nitrogens is 1. The van der Waals surface area contributed by atoms with E-state index in [0.717, 1.165) is 12.1 Å². The molecule has 6 nitrogen and oxygen atoms in total. The highest BCUT2D eigenvalue weighted by Crippen LogP contribution is 2.42. The second-order valence-corrected chi connectivity index (χ2v) is 7.94. The molecule has 2 bridgehead atoms. The SMILES string of the molecule is Cc1cc(C2=C[C@H]3C[C@@H]2CN3C(=O)CN2Cc3cc(F)ccc3NC2=O)ccn1. The van der Waals surface area contributed by atoms with Gasteiger partial charge in [0.1, 0.15) is 12.4 Å². The van der Waals surface area contributed by atoms with Crippen molar-refractivity contribution in [1.82, 2.24) is 14.8 Å². The predicted octanol–water partition coefficient (Wildman–Crippen LogP) is 3.19. The molecule has 3 heterocycles. The minimum Gasteiger partial charge on any atom is -0.334 e. The molecule has 2 aromatic rings. The predicted molar refractivity (Wildman–Crippen MR) is 106 cm³/mol. The van der Waals surface area contributed by atoms with Gasteiger partial charge in [0.25, 0.3) is 0 Å². The Labute approximate surface area is 168 Å². The van der Waals surface area contributed by atoms with Crippen molar-refractivity contribution in [2.24, 2.45) is 5.92 Å². The van der Waals surface area contributed by atoms with Gasteiger partial charge in [0.15, 0.2) is 0 Å². The van der Waals surface area contributed by atoms with E-state index in [-0.39, 0.29) is 36.9 Å².